The van der Waals surface area contributed by atoms with Crippen LogP contribution in [-0.4, -0.2) is 18.6 Å². The number of aryl methyl sites for hydroxylation is 1. The molecule has 0 spiro atoms. The van der Waals surface area contributed by atoms with Gasteiger partial charge in [-0.1, -0.05) is 30.7 Å². The maximum atomic E-state index is 4.52. The predicted octanol–water partition coefficient (Wildman–Crippen LogP) is 3.56. The lowest BCUT2D eigenvalue weighted by Gasteiger charge is -2.05. The molecule has 0 amide bonds. The van der Waals surface area contributed by atoms with Crippen molar-refractivity contribution in [3.8, 4) is 0 Å². The van der Waals surface area contributed by atoms with Gasteiger partial charge in [-0.15, -0.1) is 0 Å². The highest BCUT2D eigenvalue weighted by Crippen LogP contribution is 2.17. The van der Waals surface area contributed by atoms with Crippen LogP contribution >= 0.6 is 0 Å². The van der Waals surface area contributed by atoms with Crippen molar-refractivity contribution in [2.75, 3.05) is 13.6 Å². The molecule has 0 bridgehead atoms. The van der Waals surface area contributed by atoms with Gasteiger partial charge in [-0.05, 0) is 44.2 Å². The first-order valence-corrected chi connectivity index (χ1v) is 6.44. The molecule has 0 atom stereocenters. The molecule has 0 aliphatic rings. The fourth-order valence-corrected chi connectivity index (χ4v) is 2.08. The van der Waals surface area contributed by atoms with E-state index in [1.165, 1.54) is 16.5 Å². The van der Waals surface area contributed by atoms with Crippen LogP contribution in [-0.2, 0) is 0 Å². The van der Waals surface area contributed by atoms with E-state index in [9.17, 15) is 0 Å². The third-order valence-electron chi connectivity index (χ3n) is 3.08. The van der Waals surface area contributed by atoms with Gasteiger partial charge in [-0.2, -0.15) is 0 Å². The summed E-state index contributed by atoms with van der Waals surface area (Å²) in [6.45, 7) is 5.16. The summed E-state index contributed by atoms with van der Waals surface area (Å²) >= 11 is 0. The zero-order chi connectivity index (χ0) is 13.0. The van der Waals surface area contributed by atoms with E-state index in [4.69, 9.17) is 0 Å². The highest BCUT2D eigenvalue weighted by Gasteiger charge is 1.98. The zero-order valence-corrected chi connectivity index (χ0v) is 11.3. The number of nitrogens with zero attached hydrogens (tertiary/aromatic N) is 1. The van der Waals surface area contributed by atoms with Crippen LogP contribution in [0.3, 0.4) is 0 Å². The van der Waals surface area contributed by atoms with Gasteiger partial charge in [0.05, 0.1) is 5.52 Å². The molecular weight excluding hydrogens is 220 g/mol. The molecule has 0 fully saturated rings. The lowest BCUT2D eigenvalue weighted by molar-refractivity contribution is 0.851. The van der Waals surface area contributed by atoms with Crippen molar-refractivity contribution in [3.05, 3.63) is 47.2 Å². The second-order valence-corrected chi connectivity index (χ2v) is 4.59. The maximum Gasteiger partial charge on any atom is 0.0705 e. The van der Waals surface area contributed by atoms with Gasteiger partial charge in [0, 0.05) is 17.6 Å². The summed E-state index contributed by atoms with van der Waals surface area (Å²) in [5.74, 6) is 0. The Morgan fingerprint density at radius 2 is 2.11 bits per heavy atom. The van der Waals surface area contributed by atoms with E-state index >= 15 is 0 Å². The smallest absolute Gasteiger partial charge is 0.0705 e. The molecule has 94 valence electrons. The molecule has 18 heavy (non-hydrogen) atoms. The van der Waals surface area contributed by atoms with Crippen molar-refractivity contribution in [2.45, 2.75) is 20.3 Å². The average molecular weight is 240 g/mol. The Morgan fingerprint density at radius 1 is 1.28 bits per heavy atom. The van der Waals surface area contributed by atoms with Crippen LogP contribution in [0.2, 0.25) is 0 Å². The summed E-state index contributed by atoms with van der Waals surface area (Å²) in [5, 5.41) is 4.41. The number of rotatable bonds is 4. The molecular formula is C16H20N2. The molecule has 0 aliphatic carbocycles. The highest BCUT2D eigenvalue weighted by molar-refractivity contribution is 5.81. The number of hydrogen-bond donors (Lipinski definition) is 1. The standard InChI is InChI=1S/C16H20N2/c1-4-13(11-17-3)9-14-6-8-16-15(10-14)7-5-12(2)18-16/h5-10,17H,4,11H2,1-3H3/b13-9-. The molecule has 1 aromatic carbocycles. The third kappa shape index (κ3) is 2.96. The number of benzene rings is 1. The SMILES string of the molecule is CC/C(=C/c1ccc2nc(C)ccc2c1)CNC. The maximum absolute atomic E-state index is 4.52. The van der Waals surface area contributed by atoms with Crippen LogP contribution in [0.5, 0.6) is 0 Å². The lowest BCUT2D eigenvalue weighted by atomic mass is 10.1. The fraction of sp³-hybridized carbons (Fsp3) is 0.312. The topological polar surface area (TPSA) is 24.9 Å². The van der Waals surface area contributed by atoms with Gasteiger partial charge in [0.25, 0.3) is 0 Å². The zero-order valence-electron chi connectivity index (χ0n) is 11.3. The normalized spacial score (nSPS) is 12.1. The van der Waals surface area contributed by atoms with E-state index in [0.717, 1.165) is 24.2 Å². The molecule has 0 unspecified atom stereocenters. The summed E-state index contributed by atoms with van der Waals surface area (Å²) in [6.07, 6.45) is 3.33. The summed E-state index contributed by atoms with van der Waals surface area (Å²) in [4.78, 5) is 4.52. The minimum atomic E-state index is 0.945. The van der Waals surface area contributed by atoms with Crippen LogP contribution in [0.1, 0.15) is 24.6 Å². The second-order valence-electron chi connectivity index (χ2n) is 4.59. The quantitative estimate of drug-likeness (QED) is 0.884. The van der Waals surface area contributed by atoms with Gasteiger partial charge in [0.15, 0.2) is 0 Å². The van der Waals surface area contributed by atoms with Crippen molar-refractivity contribution < 1.29 is 0 Å². The van der Waals surface area contributed by atoms with Gasteiger partial charge < -0.3 is 5.32 Å². The number of likely N-dealkylation sites (N-methyl/N-ethyl adjacent to an activating group) is 1. The second kappa shape index (κ2) is 5.78. The van der Waals surface area contributed by atoms with Gasteiger partial charge in [0.2, 0.25) is 0 Å². The lowest BCUT2D eigenvalue weighted by Crippen LogP contribution is -2.09. The molecule has 0 aliphatic heterocycles. The Morgan fingerprint density at radius 3 is 2.83 bits per heavy atom. The van der Waals surface area contributed by atoms with Crippen LogP contribution < -0.4 is 5.32 Å². The average Bonchev–Trinajstić information content (AvgIpc) is 2.38. The first kappa shape index (κ1) is 12.8. The Bertz CT molecular complexity index is 570. The molecule has 2 rings (SSSR count). The minimum absolute atomic E-state index is 0.945. The van der Waals surface area contributed by atoms with E-state index in [0.29, 0.717) is 0 Å². The van der Waals surface area contributed by atoms with Crippen molar-refractivity contribution in [1.29, 1.82) is 0 Å². The highest BCUT2D eigenvalue weighted by atomic mass is 14.8. The molecule has 2 heteroatoms. The molecule has 1 heterocycles. The summed E-state index contributed by atoms with van der Waals surface area (Å²) in [7, 11) is 1.98. The molecule has 0 saturated carbocycles. The van der Waals surface area contributed by atoms with Gasteiger partial charge in [-0.3, -0.25) is 4.98 Å². The van der Waals surface area contributed by atoms with Crippen molar-refractivity contribution in [1.82, 2.24) is 10.3 Å². The van der Waals surface area contributed by atoms with Gasteiger partial charge >= 0.3 is 0 Å². The number of nitrogens with one attached hydrogen (secondary N) is 1. The van der Waals surface area contributed by atoms with Crippen LogP contribution in [0.4, 0.5) is 0 Å². The van der Waals surface area contributed by atoms with Crippen molar-refractivity contribution in [3.63, 3.8) is 0 Å². The molecule has 1 aromatic heterocycles. The first-order valence-electron chi connectivity index (χ1n) is 6.44. The van der Waals surface area contributed by atoms with Gasteiger partial charge in [0.1, 0.15) is 0 Å². The Kier molecular flexibility index (Phi) is 4.11. The van der Waals surface area contributed by atoms with Crippen LogP contribution in [0.15, 0.2) is 35.9 Å². The van der Waals surface area contributed by atoms with E-state index < -0.39 is 0 Å². The van der Waals surface area contributed by atoms with Crippen LogP contribution in [0, 0.1) is 6.92 Å². The largest absolute Gasteiger partial charge is 0.316 e. The molecule has 1 N–H and O–H groups in total. The van der Waals surface area contributed by atoms with E-state index in [1.54, 1.807) is 0 Å². The number of pyridine rings is 1. The number of aromatic nitrogens is 1. The Balaban J connectivity index is 2.38. The molecule has 2 aromatic rings. The number of fused-ring (bicyclic) bond motifs is 1. The van der Waals surface area contributed by atoms with Crippen LogP contribution in [0.25, 0.3) is 17.0 Å². The van der Waals surface area contributed by atoms with Gasteiger partial charge in [-0.25, -0.2) is 0 Å². The Hall–Kier alpha value is -1.67. The Labute approximate surface area is 109 Å². The first-order chi connectivity index (χ1) is 8.72. The third-order valence-corrected chi connectivity index (χ3v) is 3.08. The molecule has 0 radical (unpaired) electrons. The van der Waals surface area contributed by atoms with E-state index in [-0.39, 0.29) is 0 Å². The number of hydrogen-bond acceptors (Lipinski definition) is 2. The summed E-state index contributed by atoms with van der Waals surface area (Å²) in [5.41, 5.74) is 4.80. The molecule has 0 saturated heterocycles. The van der Waals surface area contributed by atoms with E-state index in [2.05, 4.69) is 53.6 Å². The summed E-state index contributed by atoms with van der Waals surface area (Å²) < 4.78 is 0. The minimum Gasteiger partial charge on any atom is -0.316 e. The monoisotopic (exact) mass is 240 g/mol. The van der Waals surface area contributed by atoms with Crippen molar-refractivity contribution >= 4 is 17.0 Å². The predicted molar refractivity (Wildman–Crippen MR) is 78.7 cm³/mol. The van der Waals surface area contributed by atoms with E-state index in [1.807, 2.05) is 14.0 Å². The summed E-state index contributed by atoms with van der Waals surface area (Å²) in [6, 6.07) is 10.6. The fourth-order valence-electron chi connectivity index (χ4n) is 2.08. The molecule has 2 nitrogen and oxygen atoms in total. The van der Waals surface area contributed by atoms with Crippen molar-refractivity contribution in [2.24, 2.45) is 0 Å².